The van der Waals surface area contributed by atoms with Gasteiger partial charge in [0.2, 0.25) is 0 Å². The van der Waals surface area contributed by atoms with Gasteiger partial charge in [0.25, 0.3) is 0 Å². The highest BCUT2D eigenvalue weighted by Crippen LogP contribution is 2.46. The van der Waals surface area contributed by atoms with Crippen LogP contribution in [-0.4, -0.2) is 9.13 Å². The fraction of sp³-hybridized carbons (Fsp3) is 0.0139. The number of hydrogen-bond donors (Lipinski definition) is 0. The number of rotatable bonds is 7. The third-order valence-electron chi connectivity index (χ3n) is 15.3. The van der Waals surface area contributed by atoms with Crippen LogP contribution in [0.1, 0.15) is 55.6 Å². The SMILES string of the molecule is N#CC1=CC(c2c(-n3c4cc(-c5ccc(C#N)cc5C#N)ccc4c4ccc(-c5ccc(C#N)cc5C#N)cc43)cc(C#N)cc2-n2c3cc(-c4ccc(C#N)cc4C#N)ccc3c3ccc(-c4ccc(C#N)cc4C#N)cc32)=CC(C#N)C=C1. The largest absolute Gasteiger partial charge is 0.308 e. The Hall–Kier alpha value is -13.8. The first kappa shape index (κ1) is 51.9. The maximum Gasteiger partial charge on any atom is 0.0998 e. The van der Waals surface area contributed by atoms with Crippen LogP contribution in [0.5, 0.6) is 0 Å². The van der Waals surface area contributed by atoms with E-state index in [9.17, 15) is 57.9 Å². The Morgan fingerprint density at radius 1 is 0.318 bits per heavy atom. The first-order chi connectivity index (χ1) is 41.6. The maximum absolute atomic E-state index is 11.4. The molecule has 0 saturated carbocycles. The van der Waals surface area contributed by atoms with E-state index < -0.39 is 5.92 Å². The predicted molar refractivity (Wildman–Crippen MR) is 319 cm³/mol. The van der Waals surface area contributed by atoms with Gasteiger partial charge in [0, 0.05) is 27.1 Å². The lowest BCUT2D eigenvalue weighted by atomic mass is 9.94. The molecule has 1 unspecified atom stereocenters. The van der Waals surface area contributed by atoms with E-state index in [-0.39, 0.29) is 33.4 Å². The van der Waals surface area contributed by atoms with Crippen molar-refractivity contribution in [3.8, 4) is 123 Å². The first-order valence-corrected chi connectivity index (χ1v) is 26.1. The first-order valence-electron chi connectivity index (χ1n) is 26.1. The normalized spacial score (nSPS) is 12.3. The van der Waals surface area contributed by atoms with Gasteiger partial charge >= 0.3 is 0 Å². The quantitative estimate of drug-likeness (QED) is 0.145. The average molecular weight is 1080 g/mol. The Morgan fingerprint density at radius 2 is 0.647 bits per heavy atom. The zero-order chi connectivity index (χ0) is 59.0. The van der Waals surface area contributed by atoms with Crippen LogP contribution in [0.25, 0.3) is 105 Å². The van der Waals surface area contributed by atoms with Crippen LogP contribution < -0.4 is 0 Å². The molecule has 12 rings (SSSR count). The van der Waals surface area contributed by atoms with Crippen LogP contribution in [0.4, 0.5) is 0 Å². The van der Waals surface area contributed by atoms with Crippen LogP contribution in [0.15, 0.2) is 188 Å². The predicted octanol–water partition coefficient (Wildman–Crippen LogP) is 14.9. The number of aromatic nitrogens is 2. The third-order valence-corrected chi connectivity index (χ3v) is 15.3. The Balaban J connectivity index is 1.29. The van der Waals surface area contributed by atoms with E-state index in [1.165, 1.54) is 24.3 Å². The van der Waals surface area contributed by atoms with Crippen molar-refractivity contribution < 1.29 is 0 Å². The third kappa shape index (κ3) is 8.74. The monoisotopic (exact) mass is 1080 g/mol. The van der Waals surface area contributed by atoms with Gasteiger partial charge in [-0.15, -0.1) is 0 Å². The van der Waals surface area contributed by atoms with Crippen LogP contribution in [0.3, 0.4) is 0 Å². The van der Waals surface area contributed by atoms with E-state index in [0.717, 1.165) is 21.5 Å². The molecule has 0 saturated heterocycles. The molecule has 0 N–H and O–H groups in total. The molecule has 1 atom stereocenters. The Bertz CT molecular complexity index is 4900. The molecule has 384 valence electrons. The molecule has 13 nitrogen and oxygen atoms in total. The molecule has 0 amide bonds. The second kappa shape index (κ2) is 21.1. The summed E-state index contributed by atoms with van der Waals surface area (Å²) in [5.41, 5.74) is 11.3. The van der Waals surface area contributed by atoms with Crippen molar-refractivity contribution in [3.05, 3.63) is 243 Å². The molecule has 2 heterocycles. The van der Waals surface area contributed by atoms with E-state index in [0.29, 0.717) is 111 Å². The molecule has 85 heavy (non-hydrogen) atoms. The van der Waals surface area contributed by atoms with Crippen LogP contribution >= 0.6 is 0 Å². The Morgan fingerprint density at radius 3 is 0.929 bits per heavy atom. The molecule has 0 radical (unpaired) electrons. The summed E-state index contributed by atoms with van der Waals surface area (Å²) in [5.74, 6) is -0.871. The summed E-state index contributed by atoms with van der Waals surface area (Å²) < 4.78 is 3.97. The highest BCUT2D eigenvalue weighted by molar-refractivity contribution is 6.14. The number of hydrogen-bond acceptors (Lipinski definition) is 11. The summed E-state index contributed by atoms with van der Waals surface area (Å²) in [6.45, 7) is 0. The highest BCUT2D eigenvalue weighted by atomic mass is 15.0. The van der Waals surface area contributed by atoms with E-state index >= 15 is 0 Å². The van der Waals surface area contributed by atoms with Crippen molar-refractivity contribution in [1.29, 1.82) is 57.9 Å². The lowest BCUT2D eigenvalue weighted by Gasteiger charge is -2.22. The smallest absolute Gasteiger partial charge is 0.0998 e. The van der Waals surface area contributed by atoms with Crippen molar-refractivity contribution in [1.82, 2.24) is 9.13 Å². The lowest BCUT2D eigenvalue weighted by Crippen LogP contribution is -2.08. The van der Waals surface area contributed by atoms with Gasteiger partial charge in [-0.2, -0.15) is 57.9 Å². The Kier molecular flexibility index (Phi) is 12.9. The minimum Gasteiger partial charge on any atom is -0.308 e. The second-order valence-corrected chi connectivity index (χ2v) is 19.9. The van der Waals surface area contributed by atoms with Gasteiger partial charge in [0.05, 0.1) is 162 Å². The van der Waals surface area contributed by atoms with Crippen molar-refractivity contribution in [2.45, 2.75) is 0 Å². The molecule has 9 aromatic carbocycles. The molecule has 1 aliphatic carbocycles. The molecule has 2 aromatic heterocycles. The molecule has 1 aliphatic rings. The number of benzene rings is 9. The molecular weight excluding hydrogens is 1050 g/mol. The van der Waals surface area contributed by atoms with E-state index in [1.807, 2.05) is 81.9 Å². The van der Waals surface area contributed by atoms with Gasteiger partial charge in [-0.05, 0) is 147 Å². The fourth-order valence-corrected chi connectivity index (χ4v) is 11.4. The van der Waals surface area contributed by atoms with Gasteiger partial charge < -0.3 is 9.13 Å². The van der Waals surface area contributed by atoms with Crippen LogP contribution in [0.2, 0.25) is 0 Å². The fourth-order valence-electron chi connectivity index (χ4n) is 11.4. The van der Waals surface area contributed by atoms with Crippen molar-refractivity contribution >= 4 is 49.2 Å². The Labute approximate surface area is 485 Å². The second-order valence-electron chi connectivity index (χ2n) is 19.9. The van der Waals surface area contributed by atoms with E-state index in [4.69, 9.17) is 0 Å². The molecule has 0 fully saturated rings. The van der Waals surface area contributed by atoms with E-state index in [2.05, 4.69) is 66.8 Å². The van der Waals surface area contributed by atoms with Crippen LogP contribution in [-0.2, 0) is 0 Å². The number of nitriles is 11. The summed E-state index contributed by atoms with van der Waals surface area (Å²) in [4.78, 5) is 0. The summed E-state index contributed by atoms with van der Waals surface area (Å²) >= 11 is 0. The van der Waals surface area contributed by atoms with Crippen molar-refractivity contribution in [2.24, 2.45) is 5.92 Å². The number of nitrogens with zero attached hydrogens (tertiary/aromatic N) is 13. The van der Waals surface area contributed by atoms with Crippen molar-refractivity contribution in [2.75, 3.05) is 0 Å². The van der Waals surface area contributed by atoms with Gasteiger partial charge in [-0.3, -0.25) is 0 Å². The molecule has 13 heteroatoms. The molecule has 0 bridgehead atoms. The molecule has 0 spiro atoms. The van der Waals surface area contributed by atoms with Gasteiger partial charge in [-0.1, -0.05) is 84.9 Å². The van der Waals surface area contributed by atoms with Gasteiger partial charge in [0.15, 0.2) is 0 Å². The minimum atomic E-state index is -0.871. The van der Waals surface area contributed by atoms with Gasteiger partial charge in [-0.25, -0.2) is 0 Å². The van der Waals surface area contributed by atoms with Crippen molar-refractivity contribution in [3.63, 3.8) is 0 Å². The van der Waals surface area contributed by atoms with Crippen LogP contribution in [0, 0.1) is 131 Å². The summed E-state index contributed by atoms with van der Waals surface area (Å²) in [7, 11) is 0. The molecule has 11 aromatic rings. The topological polar surface area (TPSA) is 272 Å². The van der Waals surface area contributed by atoms with Gasteiger partial charge in [0.1, 0.15) is 0 Å². The summed E-state index contributed by atoms with van der Waals surface area (Å²) in [6.07, 6.45) is 6.66. The zero-order valence-electron chi connectivity index (χ0n) is 44.2. The standard InChI is InChI=1S/C72H31N13/c73-31-42-1-2-43(32-74)20-53(19-42)72-70(84-66-27-49(58-11-3-44(33-75)21-54(58)38-80)7-15-62(66)63-16-8-50(28-67(63)84)59-12-4-45(34-76)22-55(59)39-81)25-48(37-79)26-71(72)85-68-29-51(60-13-5-46(35-77)23-56(60)40-82)9-17-64(68)65-18-10-52(30-69(65)85)61-14-6-47(36-78)24-57(61)41-83/h1-30,42H. The number of fused-ring (bicyclic) bond motifs is 6. The van der Waals surface area contributed by atoms with E-state index in [1.54, 1.807) is 85.0 Å². The molecule has 0 aliphatic heterocycles. The maximum atomic E-state index is 11.4. The average Bonchev–Trinajstić information content (AvgIpc) is 1.70. The summed E-state index contributed by atoms with van der Waals surface area (Å²) in [6, 6.07) is 70.5. The highest BCUT2D eigenvalue weighted by Gasteiger charge is 2.27. The summed E-state index contributed by atoms with van der Waals surface area (Å²) in [5, 5.41) is 117. The lowest BCUT2D eigenvalue weighted by molar-refractivity contribution is 1.08. The molecular formula is C72H31N13. The number of allylic oxidation sites excluding steroid dienone is 6. The zero-order valence-corrected chi connectivity index (χ0v) is 44.2. The minimum absolute atomic E-state index is 0.183.